The van der Waals surface area contributed by atoms with Crippen LogP contribution in [0.2, 0.25) is 0 Å². The van der Waals surface area contributed by atoms with Crippen molar-refractivity contribution in [1.82, 2.24) is 24.1 Å². The minimum absolute atomic E-state index is 0.0396. The largest absolute Gasteiger partial charge is 0.377 e. The predicted molar refractivity (Wildman–Crippen MR) is 174 cm³/mol. The summed E-state index contributed by atoms with van der Waals surface area (Å²) in [5, 5.41) is 14.1. The van der Waals surface area contributed by atoms with Crippen molar-refractivity contribution in [2.75, 3.05) is 26.2 Å². The van der Waals surface area contributed by atoms with Crippen LogP contribution >= 0.6 is 0 Å². The van der Waals surface area contributed by atoms with Crippen molar-refractivity contribution in [3.63, 3.8) is 0 Å². The lowest BCUT2D eigenvalue weighted by atomic mass is 9.92. The van der Waals surface area contributed by atoms with Gasteiger partial charge in [-0.25, -0.2) is 4.52 Å². The quantitative estimate of drug-likeness (QED) is 0.232. The third-order valence-electron chi connectivity index (χ3n) is 9.27. The van der Waals surface area contributed by atoms with Crippen LogP contribution in [0.5, 0.6) is 0 Å². The number of ether oxygens (including phenoxy) is 2. The lowest BCUT2D eigenvalue weighted by Gasteiger charge is -2.36. The van der Waals surface area contributed by atoms with Gasteiger partial charge in [0.25, 0.3) is 5.56 Å². The third-order valence-corrected chi connectivity index (χ3v) is 9.27. The van der Waals surface area contributed by atoms with E-state index < -0.39 is 0 Å². The van der Waals surface area contributed by atoms with Crippen molar-refractivity contribution in [2.24, 2.45) is 0 Å². The molecule has 3 heterocycles. The Morgan fingerprint density at radius 1 is 1.02 bits per heavy atom. The van der Waals surface area contributed by atoms with Crippen LogP contribution in [-0.2, 0) is 22.3 Å². The van der Waals surface area contributed by atoms with Gasteiger partial charge in [-0.2, -0.15) is 15.3 Å². The Morgan fingerprint density at radius 2 is 1.76 bits per heavy atom. The molecule has 9 heteroatoms. The van der Waals surface area contributed by atoms with Crippen LogP contribution in [0.15, 0.2) is 59.7 Å². The van der Waals surface area contributed by atoms with Crippen LogP contribution in [0.25, 0.3) is 16.9 Å². The summed E-state index contributed by atoms with van der Waals surface area (Å²) < 4.78 is 16.0. The van der Waals surface area contributed by atoms with E-state index in [1.807, 2.05) is 45.5 Å². The number of hydrogen-bond acceptors (Lipinski definition) is 7. The SMILES string of the molecule is CCCc1c(Cc2ccc(-c3ccccc3C#N)cc2)c(=O)n(C2CCC(OCCN3C[C@@H](C)O[C@@H](C)C3)CC2)c2ncnn12. The summed E-state index contributed by atoms with van der Waals surface area (Å²) in [6.07, 6.45) is 8.06. The molecule has 45 heavy (non-hydrogen) atoms. The van der Waals surface area contributed by atoms with E-state index in [0.29, 0.717) is 17.8 Å². The van der Waals surface area contributed by atoms with Crippen molar-refractivity contribution in [3.05, 3.63) is 87.6 Å². The summed E-state index contributed by atoms with van der Waals surface area (Å²) in [7, 11) is 0. The lowest BCUT2D eigenvalue weighted by Crippen LogP contribution is -2.46. The third kappa shape index (κ3) is 6.89. The van der Waals surface area contributed by atoms with Gasteiger partial charge in [-0.1, -0.05) is 55.8 Å². The molecule has 1 aliphatic heterocycles. The molecule has 9 nitrogen and oxygen atoms in total. The summed E-state index contributed by atoms with van der Waals surface area (Å²) >= 11 is 0. The molecule has 2 aromatic heterocycles. The number of nitriles is 1. The van der Waals surface area contributed by atoms with E-state index in [0.717, 1.165) is 92.7 Å². The molecule has 236 valence electrons. The van der Waals surface area contributed by atoms with Gasteiger partial charge in [0.05, 0.1) is 42.2 Å². The molecule has 0 N–H and O–H groups in total. The van der Waals surface area contributed by atoms with Gasteiger partial charge in [0.2, 0.25) is 5.78 Å². The van der Waals surface area contributed by atoms with Crippen molar-refractivity contribution < 1.29 is 9.47 Å². The maximum Gasteiger partial charge on any atom is 0.259 e. The number of nitrogens with zero attached hydrogens (tertiary/aromatic N) is 6. The second-order valence-electron chi connectivity index (χ2n) is 12.7. The minimum Gasteiger partial charge on any atom is -0.377 e. The Labute approximate surface area is 265 Å². The number of morpholine rings is 1. The molecular formula is C36H44N6O3. The summed E-state index contributed by atoms with van der Waals surface area (Å²) in [6.45, 7) is 9.94. The molecule has 1 saturated heterocycles. The molecule has 4 aromatic rings. The van der Waals surface area contributed by atoms with E-state index in [9.17, 15) is 10.1 Å². The Hall–Kier alpha value is -3.84. The fraction of sp³-hybridized carbons (Fsp3) is 0.500. The van der Waals surface area contributed by atoms with E-state index in [2.05, 4.69) is 54.0 Å². The zero-order valence-electron chi connectivity index (χ0n) is 26.7. The zero-order chi connectivity index (χ0) is 31.3. The molecule has 2 atom stereocenters. The monoisotopic (exact) mass is 608 g/mol. The summed E-state index contributed by atoms with van der Waals surface area (Å²) in [5.74, 6) is 0.635. The van der Waals surface area contributed by atoms with Gasteiger partial charge in [0.15, 0.2) is 0 Å². The normalized spacial score (nSPS) is 22.4. The molecule has 6 rings (SSSR count). The van der Waals surface area contributed by atoms with Gasteiger partial charge in [0, 0.05) is 37.7 Å². The van der Waals surface area contributed by atoms with Crippen molar-refractivity contribution >= 4 is 5.78 Å². The smallest absolute Gasteiger partial charge is 0.259 e. The average Bonchev–Trinajstić information content (AvgIpc) is 3.53. The number of aromatic nitrogens is 4. The number of hydrogen-bond donors (Lipinski definition) is 0. The predicted octanol–water partition coefficient (Wildman–Crippen LogP) is 5.58. The van der Waals surface area contributed by atoms with Crippen molar-refractivity contribution in [2.45, 2.75) is 90.1 Å². The molecule has 0 bridgehead atoms. The zero-order valence-corrected chi connectivity index (χ0v) is 26.7. The average molecular weight is 609 g/mol. The van der Waals surface area contributed by atoms with Crippen LogP contribution in [0.1, 0.15) is 81.3 Å². The van der Waals surface area contributed by atoms with Gasteiger partial charge in [-0.15, -0.1) is 0 Å². The van der Waals surface area contributed by atoms with Gasteiger partial charge >= 0.3 is 0 Å². The van der Waals surface area contributed by atoms with E-state index >= 15 is 0 Å². The highest BCUT2D eigenvalue weighted by atomic mass is 16.5. The molecule has 2 aliphatic rings. The number of benzene rings is 2. The molecule has 0 radical (unpaired) electrons. The van der Waals surface area contributed by atoms with Gasteiger partial charge in [-0.3, -0.25) is 14.3 Å². The number of aryl methyl sites for hydroxylation is 1. The molecule has 1 aliphatic carbocycles. The van der Waals surface area contributed by atoms with Gasteiger partial charge in [0.1, 0.15) is 6.33 Å². The van der Waals surface area contributed by atoms with Gasteiger partial charge in [-0.05, 0) is 68.7 Å². The van der Waals surface area contributed by atoms with Crippen LogP contribution in [-0.4, -0.2) is 68.6 Å². The van der Waals surface area contributed by atoms with E-state index in [1.165, 1.54) is 0 Å². The van der Waals surface area contributed by atoms with E-state index in [4.69, 9.17) is 9.47 Å². The molecule has 1 saturated carbocycles. The molecule has 2 aromatic carbocycles. The molecule has 0 unspecified atom stereocenters. The van der Waals surface area contributed by atoms with Crippen LogP contribution < -0.4 is 5.56 Å². The summed E-state index contributed by atoms with van der Waals surface area (Å²) in [4.78, 5) is 21.3. The lowest BCUT2D eigenvalue weighted by molar-refractivity contribution is -0.0778. The standard InChI is InChI=1S/C36H44N6O3/c1-4-7-34-33(20-27-10-12-28(13-11-27)32-9-6-5-8-29(32)21-37)35(43)41(36-38-24-39-42(34)36)30-14-16-31(17-15-30)44-19-18-40-22-25(2)45-26(3)23-40/h5-6,8-13,24-26,30-31H,4,7,14-20,22-23H2,1-3H3/t25-,26+,30?,31?. The van der Waals surface area contributed by atoms with Crippen molar-refractivity contribution in [3.8, 4) is 17.2 Å². The summed E-state index contributed by atoms with van der Waals surface area (Å²) in [6, 6.07) is 18.2. The Balaban J connectivity index is 1.19. The second-order valence-corrected chi connectivity index (χ2v) is 12.7. The fourth-order valence-corrected chi connectivity index (χ4v) is 7.20. The van der Waals surface area contributed by atoms with Crippen LogP contribution in [0.4, 0.5) is 0 Å². The number of rotatable bonds is 10. The highest BCUT2D eigenvalue weighted by Crippen LogP contribution is 2.31. The molecule has 0 spiro atoms. The summed E-state index contributed by atoms with van der Waals surface area (Å²) in [5.41, 5.74) is 5.36. The van der Waals surface area contributed by atoms with Crippen molar-refractivity contribution in [1.29, 1.82) is 5.26 Å². The molecule has 2 fully saturated rings. The minimum atomic E-state index is 0.0396. The first kappa shape index (κ1) is 31.2. The van der Waals surface area contributed by atoms with Crippen LogP contribution in [0, 0.1) is 11.3 Å². The van der Waals surface area contributed by atoms with Gasteiger partial charge < -0.3 is 9.47 Å². The van der Waals surface area contributed by atoms with Crippen LogP contribution in [0.3, 0.4) is 0 Å². The highest BCUT2D eigenvalue weighted by Gasteiger charge is 2.29. The molecule has 0 amide bonds. The first-order chi connectivity index (χ1) is 21.9. The maximum absolute atomic E-state index is 14.3. The highest BCUT2D eigenvalue weighted by molar-refractivity contribution is 5.70. The first-order valence-corrected chi connectivity index (χ1v) is 16.5. The Kier molecular flexibility index (Phi) is 9.74. The second kappa shape index (κ2) is 14.1. The first-order valence-electron chi connectivity index (χ1n) is 16.5. The Morgan fingerprint density at radius 3 is 2.47 bits per heavy atom. The number of fused-ring (bicyclic) bond motifs is 1. The van der Waals surface area contributed by atoms with E-state index in [-0.39, 0.29) is 29.9 Å². The Bertz CT molecular complexity index is 1690. The topological polar surface area (TPSA) is 97.7 Å². The fourth-order valence-electron chi connectivity index (χ4n) is 7.20. The van der Waals surface area contributed by atoms with E-state index in [1.54, 1.807) is 6.33 Å². The maximum atomic E-state index is 14.3. The molecular weight excluding hydrogens is 564 g/mol.